The van der Waals surface area contributed by atoms with Gasteiger partial charge in [-0.15, -0.1) is 11.3 Å². The molecule has 3 aromatic rings. The summed E-state index contributed by atoms with van der Waals surface area (Å²) in [5, 5.41) is 0. The first-order valence-electron chi connectivity index (χ1n) is 9.12. The van der Waals surface area contributed by atoms with Crippen molar-refractivity contribution in [3.63, 3.8) is 0 Å². The molecule has 5 nitrogen and oxygen atoms in total. The summed E-state index contributed by atoms with van der Waals surface area (Å²) in [6.07, 6.45) is 5.06. The van der Waals surface area contributed by atoms with Crippen LogP contribution in [0.4, 0.5) is 0 Å². The number of aromatic amines is 1. The van der Waals surface area contributed by atoms with Crippen LogP contribution in [0.5, 0.6) is 5.75 Å². The smallest absolute Gasteiger partial charge is 0.268 e. The number of rotatable bonds is 4. The highest BCUT2D eigenvalue weighted by molar-refractivity contribution is 7.22. The second-order valence-electron chi connectivity index (χ2n) is 6.76. The zero-order valence-corrected chi connectivity index (χ0v) is 15.8. The van der Waals surface area contributed by atoms with Crippen molar-refractivity contribution in [1.29, 1.82) is 0 Å². The van der Waals surface area contributed by atoms with E-state index in [1.807, 2.05) is 30.3 Å². The molecular weight excluding hydrogens is 346 g/mol. The maximum absolute atomic E-state index is 12.5. The lowest BCUT2D eigenvalue weighted by Crippen LogP contribution is -2.26. The molecule has 0 saturated carbocycles. The maximum Gasteiger partial charge on any atom is 0.268 e. The molecule has 1 saturated heterocycles. The van der Waals surface area contributed by atoms with Gasteiger partial charge in [0.2, 0.25) is 0 Å². The lowest BCUT2D eigenvalue weighted by atomic mass is 10.2. The van der Waals surface area contributed by atoms with Crippen LogP contribution in [0, 0.1) is 0 Å². The van der Waals surface area contributed by atoms with E-state index in [4.69, 9.17) is 9.72 Å². The van der Waals surface area contributed by atoms with Crippen molar-refractivity contribution in [1.82, 2.24) is 14.9 Å². The predicted octanol–water partition coefficient (Wildman–Crippen LogP) is 4.04. The summed E-state index contributed by atoms with van der Waals surface area (Å²) < 4.78 is 5.90. The first-order chi connectivity index (χ1) is 12.7. The highest BCUT2D eigenvalue weighted by Gasteiger charge is 2.14. The van der Waals surface area contributed by atoms with Crippen molar-refractivity contribution in [2.45, 2.75) is 32.2 Å². The van der Waals surface area contributed by atoms with E-state index in [9.17, 15) is 4.79 Å². The molecule has 1 fully saturated rings. The largest absolute Gasteiger partial charge is 0.497 e. The highest BCUT2D eigenvalue weighted by atomic mass is 32.1. The second kappa shape index (κ2) is 7.60. The standard InChI is InChI=1S/C20H23N3O2S/c1-25-15-8-6-14(7-9-15)17-12-16-19(26-17)20(24)22-18(21-16)13-23-10-4-2-3-5-11-23/h6-9,12H,2-5,10-11,13H2,1H3,(H,21,22,24). The van der Waals surface area contributed by atoms with Gasteiger partial charge in [-0.2, -0.15) is 0 Å². The van der Waals surface area contributed by atoms with Crippen LogP contribution in [0.25, 0.3) is 20.7 Å². The van der Waals surface area contributed by atoms with Crippen molar-refractivity contribution < 1.29 is 4.74 Å². The number of methoxy groups -OCH3 is 1. The van der Waals surface area contributed by atoms with Crippen LogP contribution in [0.15, 0.2) is 35.1 Å². The molecule has 0 bridgehead atoms. The van der Waals surface area contributed by atoms with E-state index in [-0.39, 0.29) is 5.56 Å². The van der Waals surface area contributed by atoms with Gasteiger partial charge in [0, 0.05) is 4.88 Å². The number of nitrogens with one attached hydrogen (secondary N) is 1. The average Bonchev–Trinajstić information content (AvgIpc) is 2.92. The van der Waals surface area contributed by atoms with Gasteiger partial charge in [-0.05, 0) is 61.8 Å². The van der Waals surface area contributed by atoms with E-state index in [1.165, 1.54) is 37.0 Å². The van der Waals surface area contributed by atoms with Crippen LogP contribution >= 0.6 is 11.3 Å². The van der Waals surface area contributed by atoms with E-state index in [0.29, 0.717) is 4.70 Å². The first-order valence-corrected chi connectivity index (χ1v) is 9.94. The predicted molar refractivity (Wildman–Crippen MR) is 106 cm³/mol. The third kappa shape index (κ3) is 3.66. The molecule has 0 radical (unpaired) electrons. The molecule has 0 unspecified atom stereocenters. The zero-order valence-electron chi connectivity index (χ0n) is 15.0. The van der Waals surface area contributed by atoms with Crippen LogP contribution < -0.4 is 10.3 Å². The van der Waals surface area contributed by atoms with Crippen molar-refractivity contribution >= 4 is 21.6 Å². The number of aromatic nitrogens is 2. The SMILES string of the molecule is COc1ccc(-c2cc3nc(CN4CCCCCC4)[nH]c(=O)c3s2)cc1. The van der Waals surface area contributed by atoms with Gasteiger partial charge in [-0.25, -0.2) is 4.98 Å². The Morgan fingerprint density at radius 3 is 2.58 bits per heavy atom. The van der Waals surface area contributed by atoms with Gasteiger partial charge in [0.15, 0.2) is 0 Å². The van der Waals surface area contributed by atoms with Crippen molar-refractivity contribution in [2.75, 3.05) is 20.2 Å². The minimum atomic E-state index is -0.0374. The summed E-state index contributed by atoms with van der Waals surface area (Å²) in [6.45, 7) is 2.89. The molecule has 0 spiro atoms. The first kappa shape index (κ1) is 17.2. The molecular formula is C20H23N3O2S. The summed E-state index contributed by atoms with van der Waals surface area (Å²) in [4.78, 5) is 23.7. The third-order valence-electron chi connectivity index (χ3n) is 4.88. The van der Waals surface area contributed by atoms with Gasteiger partial charge in [0.1, 0.15) is 16.3 Å². The van der Waals surface area contributed by atoms with E-state index in [2.05, 4.69) is 9.88 Å². The lowest BCUT2D eigenvalue weighted by Gasteiger charge is -2.18. The molecule has 1 N–H and O–H groups in total. The Morgan fingerprint density at radius 1 is 1.15 bits per heavy atom. The zero-order chi connectivity index (χ0) is 17.9. The fourth-order valence-corrected chi connectivity index (χ4v) is 4.46. The summed E-state index contributed by atoms with van der Waals surface area (Å²) in [5.74, 6) is 1.59. The monoisotopic (exact) mass is 369 g/mol. The molecule has 6 heteroatoms. The normalized spacial score (nSPS) is 15.9. The van der Waals surface area contributed by atoms with Gasteiger partial charge in [-0.1, -0.05) is 12.8 Å². The topological polar surface area (TPSA) is 58.2 Å². The van der Waals surface area contributed by atoms with Crippen LogP contribution in [-0.2, 0) is 6.54 Å². The minimum absolute atomic E-state index is 0.0374. The van der Waals surface area contributed by atoms with Gasteiger partial charge >= 0.3 is 0 Å². The number of fused-ring (bicyclic) bond motifs is 1. The summed E-state index contributed by atoms with van der Waals surface area (Å²) in [6, 6.07) is 9.90. The fourth-order valence-electron chi connectivity index (χ4n) is 3.47. The molecule has 3 heterocycles. The van der Waals surface area contributed by atoms with Crippen molar-refractivity contribution in [3.05, 3.63) is 46.5 Å². The second-order valence-corrected chi connectivity index (χ2v) is 7.81. The number of hydrogen-bond donors (Lipinski definition) is 1. The van der Waals surface area contributed by atoms with Gasteiger partial charge in [0.05, 0.1) is 19.2 Å². The summed E-state index contributed by atoms with van der Waals surface area (Å²) in [7, 11) is 1.66. The molecule has 0 amide bonds. The van der Waals surface area contributed by atoms with Crippen molar-refractivity contribution in [2.24, 2.45) is 0 Å². The molecule has 26 heavy (non-hydrogen) atoms. The third-order valence-corrected chi connectivity index (χ3v) is 6.05. The molecule has 0 aliphatic carbocycles. The Bertz CT molecular complexity index is 938. The molecule has 1 aliphatic rings. The van der Waals surface area contributed by atoms with E-state index in [0.717, 1.165) is 47.2 Å². The number of hydrogen-bond acceptors (Lipinski definition) is 5. The lowest BCUT2D eigenvalue weighted by molar-refractivity contribution is 0.270. The molecule has 2 aromatic heterocycles. The molecule has 136 valence electrons. The minimum Gasteiger partial charge on any atom is -0.497 e. The molecule has 0 atom stereocenters. The van der Waals surface area contributed by atoms with Crippen LogP contribution in [-0.4, -0.2) is 35.1 Å². The number of nitrogens with zero attached hydrogens (tertiary/aromatic N) is 2. The Morgan fingerprint density at radius 2 is 1.88 bits per heavy atom. The van der Waals surface area contributed by atoms with Crippen LogP contribution in [0.2, 0.25) is 0 Å². The quantitative estimate of drug-likeness (QED) is 0.754. The molecule has 1 aliphatic heterocycles. The number of benzene rings is 1. The fraction of sp³-hybridized carbons (Fsp3) is 0.400. The maximum atomic E-state index is 12.5. The van der Waals surface area contributed by atoms with E-state index in [1.54, 1.807) is 7.11 Å². The molecule has 1 aromatic carbocycles. The van der Waals surface area contributed by atoms with Crippen LogP contribution in [0.1, 0.15) is 31.5 Å². The van der Waals surface area contributed by atoms with Crippen LogP contribution in [0.3, 0.4) is 0 Å². The Hall–Kier alpha value is -2.18. The Kier molecular flexibility index (Phi) is 5.04. The van der Waals surface area contributed by atoms with Gasteiger partial charge in [0.25, 0.3) is 5.56 Å². The molecule has 4 rings (SSSR count). The van der Waals surface area contributed by atoms with Crippen molar-refractivity contribution in [3.8, 4) is 16.2 Å². The number of thiophene rings is 1. The van der Waals surface area contributed by atoms with E-state index < -0.39 is 0 Å². The number of ether oxygens (including phenoxy) is 1. The summed E-state index contributed by atoms with van der Waals surface area (Å²) in [5.41, 5.74) is 1.82. The van der Waals surface area contributed by atoms with E-state index >= 15 is 0 Å². The Balaban J connectivity index is 1.62. The highest BCUT2D eigenvalue weighted by Crippen LogP contribution is 2.31. The van der Waals surface area contributed by atoms with Gasteiger partial charge in [-0.3, -0.25) is 9.69 Å². The number of likely N-dealkylation sites (tertiary alicyclic amines) is 1. The number of H-pyrrole nitrogens is 1. The average molecular weight is 369 g/mol. The Labute approximate surface area is 156 Å². The summed E-state index contributed by atoms with van der Waals surface area (Å²) >= 11 is 1.49. The van der Waals surface area contributed by atoms with Gasteiger partial charge < -0.3 is 9.72 Å².